The number of ether oxygens (including phenoxy) is 1. The summed E-state index contributed by atoms with van der Waals surface area (Å²) in [6.07, 6.45) is 4.97. The number of benzene rings is 1. The Balaban J connectivity index is 1.99. The molecule has 1 amide bonds. The lowest BCUT2D eigenvalue weighted by atomic mass is 9.77. The molecule has 1 aromatic rings. The van der Waals surface area contributed by atoms with Crippen LogP contribution in [-0.2, 0) is 11.2 Å². The average molecular weight is 354 g/mol. The Labute approximate surface area is 135 Å². The lowest BCUT2D eigenvalue weighted by Gasteiger charge is -2.39. The largest absolute Gasteiger partial charge is 0.497 e. The summed E-state index contributed by atoms with van der Waals surface area (Å²) in [6, 6.07) is 7.70. The molecular formula is C17H24BrNO2. The van der Waals surface area contributed by atoms with Crippen LogP contribution in [0.2, 0.25) is 0 Å². The molecule has 1 aliphatic carbocycles. The molecule has 0 radical (unpaired) electrons. The highest BCUT2D eigenvalue weighted by atomic mass is 79.9. The molecule has 2 atom stereocenters. The van der Waals surface area contributed by atoms with Crippen molar-refractivity contribution >= 4 is 21.8 Å². The molecular weight excluding hydrogens is 330 g/mol. The van der Waals surface area contributed by atoms with Gasteiger partial charge in [-0.15, -0.1) is 0 Å². The van der Waals surface area contributed by atoms with E-state index in [9.17, 15) is 4.79 Å². The van der Waals surface area contributed by atoms with Gasteiger partial charge in [-0.25, -0.2) is 0 Å². The van der Waals surface area contributed by atoms with Gasteiger partial charge in [0.1, 0.15) is 5.75 Å². The van der Waals surface area contributed by atoms with Gasteiger partial charge in [0.05, 0.1) is 13.5 Å². The Kier molecular flexibility index (Phi) is 5.68. The fourth-order valence-electron chi connectivity index (χ4n) is 3.24. The molecule has 0 heterocycles. The van der Waals surface area contributed by atoms with E-state index in [0.717, 1.165) is 29.5 Å². The highest BCUT2D eigenvalue weighted by Crippen LogP contribution is 2.33. The molecule has 0 saturated heterocycles. The second kappa shape index (κ2) is 7.30. The van der Waals surface area contributed by atoms with E-state index in [1.807, 2.05) is 24.3 Å². The van der Waals surface area contributed by atoms with Gasteiger partial charge in [0, 0.05) is 10.9 Å². The standard InChI is InChI=1S/C17H24BrNO2/c1-13-5-4-8-17(11-13,12-18)19-16(20)10-14-6-3-7-15(9-14)21-2/h3,6-7,9,13H,4-5,8,10-12H2,1-2H3,(H,19,20). The zero-order chi connectivity index (χ0) is 15.3. The summed E-state index contributed by atoms with van der Waals surface area (Å²) in [4.78, 5) is 12.4. The molecule has 1 aliphatic rings. The van der Waals surface area contributed by atoms with E-state index in [4.69, 9.17) is 4.74 Å². The molecule has 4 heteroatoms. The van der Waals surface area contributed by atoms with Crippen molar-refractivity contribution < 1.29 is 9.53 Å². The van der Waals surface area contributed by atoms with Crippen molar-refractivity contribution in [3.05, 3.63) is 29.8 Å². The Morgan fingerprint density at radius 2 is 2.33 bits per heavy atom. The number of hydrogen-bond donors (Lipinski definition) is 1. The Bertz CT molecular complexity index is 491. The molecule has 0 aliphatic heterocycles. The second-order valence-electron chi connectivity index (χ2n) is 6.19. The first-order valence-corrected chi connectivity index (χ1v) is 8.69. The molecule has 0 bridgehead atoms. The van der Waals surface area contributed by atoms with E-state index in [-0.39, 0.29) is 11.4 Å². The fraction of sp³-hybridized carbons (Fsp3) is 0.588. The second-order valence-corrected chi connectivity index (χ2v) is 6.75. The number of rotatable bonds is 5. The van der Waals surface area contributed by atoms with E-state index in [1.54, 1.807) is 7.11 Å². The number of amides is 1. The van der Waals surface area contributed by atoms with E-state index >= 15 is 0 Å². The molecule has 2 unspecified atom stereocenters. The minimum atomic E-state index is -0.0758. The maximum atomic E-state index is 12.4. The Hall–Kier alpha value is -1.03. The smallest absolute Gasteiger partial charge is 0.224 e. The Morgan fingerprint density at radius 3 is 3.00 bits per heavy atom. The summed E-state index contributed by atoms with van der Waals surface area (Å²) in [5.74, 6) is 1.56. The zero-order valence-electron chi connectivity index (χ0n) is 12.8. The van der Waals surface area contributed by atoms with Gasteiger partial charge in [-0.1, -0.05) is 47.8 Å². The van der Waals surface area contributed by atoms with Crippen molar-refractivity contribution in [3.8, 4) is 5.75 Å². The molecule has 1 N–H and O–H groups in total. The number of halogens is 1. The van der Waals surface area contributed by atoms with Crippen molar-refractivity contribution in [2.45, 2.75) is 44.6 Å². The van der Waals surface area contributed by atoms with Gasteiger partial charge in [0.25, 0.3) is 0 Å². The predicted octanol–water partition coefficient (Wildman–Crippen LogP) is 3.70. The van der Waals surface area contributed by atoms with E-state index in [2.05, 4.69) is 28.2 Å². The van der Waals surface area contributed by atoms with E-state index in [0.29, 0.717) is 12.3 Å². The molecule has 0 aromatic heterocycles. The lowest BCUT2D eigenvalue weighted by molar-refractivity contribution is -0.122. The molecule has 0 spiro atoms. The summed E-state index contributed by atoms with van der Waals surface area (Å²) >= 11 is 3.60. The van der Waals surface area contributed by atoms with Crippen molar-refractivity contribution in [2.24, 2.45) is 5.92 Å². The molecule has 116 valence electrons. The topological polar surface area (TPSA) is 38.3 Å². The highest BCUT2D eigenvalue weighted by molar-refractivity contribution is 9.09. The van der Waals surface area contributed by atoms with Crippen LogP contribution in [0.25, 0.3) is 0 Å². The van der Waals surface area contributed by atoms with Crippen LogP contribution >= 0.6 is 15.9 Å². The van der Waals surface area contributed by atoms with Crippen molar-refractivity contribution in [2.75, 3.05) is 12.4 Å². The van der Waals surface area contributed by atoms with Gasteiger partial charge >= 0.3 is 0 Å². The first kappa shape index (κ1) is 16.3. The summed E-state index contributed by atoms with van der Waals surface area (Å²) in [6.45, 7) is 2.27. The first-order chi connectivity index (χ1) is 10.1. The van der Waals surface area contributed by atoms with Crippen molar-refractivity contribution in [3.63, 3.8) is 0 Å². The van der Waals surface area contributed by atoms with Crippen LogP contribution in [0.4, 0.5) is 0 Å². The number of hydrogen-bond acceptors (Lipinski definition) is 2. The quantitative estimate of drug-likeness (QED) is 0.819. The van der Waals surface area contributed by atoms with Gasteiger partial charge in [-0.2, -0.15) is 0 Å². The fourth-order valence-corrected chi connectivity index (χ4v) is 3.89. The Morgan fingerprint density at radius 1 is 1.52 bits per heavy atom. The molecule has 3 nitrogen and oxygen atoms in total. The van der Waals surface area contributed by atoms with Gasteiger partial charge in [0.2, 0.25) is 5.91 Å². The minimum Gasteiger partial charge on any atom is -0.497 e. The summed E-state index contributed by atoms with van der Waals surface area (Å²) < 4.78 is 5.20. The number of methoxy groups -OCH3 is 1. The van der Waals surface area contributed by atoms with Crippen LogP contribution in [-0.4, -0.2) is 23.9 Å². The SMILES string of the molecule is COc1cccc(CC(=O)NC2(CBr)CCCC(C)C2)c1. The zero-order valence-corrected chi connectivity index (χ0v) is 14.4. The molecule has 2 rings (SSSR count). The molecule has 1 saturated carbocycles. The number of carbonyl (C=O) groups excluding carboxylic acids is 1. The van der Waals surface area contributed by atoms with Gasteiger partial charge in [0.15, 0.2) is 0 Å². The average Bonchev–Trinajstić information content (AvgIpc) is 2.47. The third-order valence-corrected chi connectivity index (χ3v) is 5.32. The van der Waals surface area contributed by atoms with Crippen LogP contribution in [0.3, 0.4) is 0 Å². The third-order valence-electron chi connectivity index (χ3n) is 4.25. The maximum absolute atomic E-state index is 12.4. The molecule has 1 fully saturated rings. The minimum absolute atomic E-state index is 0.0758. The van der Waals surface area contributed by atoms with Crippen LogP contribution in [0.1, 0.15) is 38.2 Å². The van der Waals surface area contributed by atoms with Gasteiger partial charge in [-0.05, 0) is 36.5 Å². The van der Waals surface area contributed by atoms with Crippen LogP contribution in [0.5, 0.6) is 5.75 Å². The molecule has 21 heavy (non-hydrogen) atoms. The van der Waals surface area contributed by atoms with E-state index in [1.165, 1.54) is 12.8 Å². The molecule has 1 aromatic carbocycles. The monoisotopic (exact) mass is 353 g/mol. The number of nitrogens with one attached hydrogen (secondary N) is 1. The van der Waals surface area contributed by atoms with Crippen LogP contribution in [0.15, 0.2) is 24.3 Å². The number of carbonyl (C=O) groups is 1. The van der Waals surface area contributed by atoms with Gasteiger partial charge in [-0.3, -0.25) is 4.79 Å². The van der Waals surface area contributed by atoms with E-state index < -0.39 is 0 Å². The van der Waals surface area contributed by atoms with Crippen molar-refractivity contribution in [1.29, 1.82) is 0 Å². The van der Waals surface area contributed by atoms with Crippen molar-refractivity contribution in [1.82, 2.24) is 5.32 Å². The third kappa shape index (κ3) is 4.47. The predicted molar refractivity (Wildman–Crippen MR) is 89.0 cm³/mol. The summed E-state index contributed by atoms with van der Waals surface area (Å²) in [5.41, 5.74) is 0.911. The number of alkyl halides is 1. The first-order valence-electron chi connectivity index (χ1n) is 7.57. The summed E-state index contributed by atoms with van der Waals surface area (Å²) in [5, 5.41) is 4.10. The lowest BCUT2D eigenvalue weighted by Crippen LogP contribution is -2.53. The van der Waals surface area contributed by atoms with Gasteiger partial charge < -0.3 is 10.1 Å². The van der Waals surface area contributed by atoms with Crippen LogP contribution < -0.4 is 10.1 Å². The summed E-state index contributed by atoms with van der Waals surface area (Å²) in [7, 11) is 1.64. The van der Waals surface area contributed by atoms with Crippen LogP contribution in [0, 0.1) is 5.92 Å². The highest BCUT2D eigenvalue weighted by Gasteiger charge is 2.35. The maximum Gasteiger partial charge on any atom is 0.224 e. The normalized spacial score (nSPS) is 25.4.